The molecule has 0 radical (unpaired) electrons. The molecule has 1 aromatic carbocycles. The number of anilines is 1. The summed E-state index contributed by atoms with van der Waals surface area (Å²) in [4.78, 5) is 8.91. The van der Waals surface area contributed by atoms with Crippen LogP contribution in [0.15, 0.2) is 18.2 Å². The van der Waals surface area contributed by atoms with E-state index < -0.39 is 0 Å². The second-order valence-corrected chi connectivity index (χ2v) is 4.43. The van der Waals surface area contributed by atoms with E-state index >= 15 is 0 Å². The number of benzene rings is 1. The first-order chi connectivity index (χ1) is 9.19. The fourth-order valence-electron chi connectivity index (χ4n) is 2.09. The van der Waals surface area contributed by atoms with E-state index in [1.165, 1.54) is 0 Å². The molecule has 0 bridgehead atoms. The minimum Gasteiger partial charge on any atom is -0.454 e. The van der Waals surface area contributed by atoms with Crippen molar-refractivity contribution in [1.29, 1.82) is 0 Å². The maximum Gasteiger partial charge on any atom is 0.231 e. The van der Waals surface area contributed by atoms with Crippen LogP contribution in [0.2, 0.25) is 0 Å². The van der Waals surface area contributed by atoms with Crippen LogP contribution in [0.3, 0.4) is 0 Å². The molecule has 2 heterocycles. The zero-order valence-electron chi connectivity index (χ0n) is 10.9. The summed E-state index contributed by atoms with van der Waals surface area (Å²) >= 11 is 0. The molecule has 0 spiro atoms. The molecule has 1 aliphatic heterocycles. The van der Waals surface area contributed by atoms with Gasteiger partial charge in [0, 0.05) is 16.8 Å². The first-order valence-corrected chi connectivity index (χ1v) is 6.22. The third kappa shape index (κ3) is 1.97. The van der Waals surface area contributed by atoms with Gasteiger partial charge in [0.1, 0.15) is 5.82 Å². The molecule has 98 valence electrons. The lowest BCUT2D eigenvalue weighted by molar-refractivity contribution is 0.174. The van der Waals surface area contributed by atoms with E-state index in [9.17, 15) is 0 Å². The van der Waals surface area contributed by atoms with Gasteiger partial charge in [-0.3, -0.25) is 0 Å². The number of hydrogen-bond donors (Lipinski definition) is 1. The van der Waals surface area contributed by atoms with Crippen LogP contribution in [0, 0.1) is 6.92 Å². The molecule has 0 amide bonds. The van der Waals surface area contributed by atoms with E-state index in [1.807, 2.05) is 25.1 Å². The van der Waals surface area contributed by atoms with Crippen LogP contribution < -0.4 is 15.2 Å². The highest BCUT2D eigenvalue weighted by Crippen LogP contribution is 2.35. The number of aryl methyl sites for hydroxylation is 1. The van der Waals surface area contributed by atoms with Crippen LogP contribution in [-0.4, -0.2) is 16.8 Å². The van der Waals surface area contributed by atoms with Crippen molar-refractivity contribution in [2.24, 2.45) is 0 Å². The molecule has 0 atom stereocenters. The average Bonchev–Trinajstić information content (AvgIpc) is 2.89. The van der Waals surface area contributed by atoms with E-state index in [0.29, 0.717) is 11.6 Å². The molecule has 2 aromatic rings. The fraction of sp³-hybridized carbons (Fsp3) is 0.286. The first kappa shape index (κ1) is 11.8. The van der Waals surface area contributed by atoms with Crippen molar-refractivity contribution in [2.75, 3.05) is 12.5 Å². The molecule has 0 fully saturated rings. The largest absolute Gasteiger partial charge is 0.454 e. The number of ether oxygens (including phenoxy) is 2. The first-order valence-electron chi connectivity index (χ1n) is 6.22. The van der Waals surface area contributed by atoms with Crippen molar-refractivity contribution in [1.82, 2.24) is 9.97 Å². The molecule has 1 aliphatic rings. The number of rotatable bonds is 2. The van der Waals surface area contributed by atoms with Crippen LogP contribution in [0.1, 0.15) is 18.2 Å². The van der Waals surface area contributed by atoms with Gasteiger partial charge < -0.3 is 15.2 Å². The highest BCUT2D eigenvalue weighted by atomic mass is 16.7. The number of nitrogens with two attached hydrogens (primary N) is 1. The Morgan fingerprint density at radius 1 is 1.21 bits per heavy atom. The Morgan fingerprint density at radius 3 is 2.79 bits per heavy atom. The summed E-state index contributed by atoms with van der Waals surface area (Å²) in [6, 6.07) is 5.66. The van der Waals surface area contributed by atoms with Crippen LogP contribution >= 0.6 is 0 Å². The Labute approximate surface area is 111 Å². The predicted molar refractivity (Wildman–Crippen MR) is 72.1 cm³/mol. The summed E-state index contributed by atoms with van der Waals surface area (Å²) in [7, 11) is 0. The molecule has 0 saturated carbocycles. The third-order valence-electron chi connectivity index (χ3n) is 3.25. The van der Waals surface area contributed by atoms with E-state index in [1.54, 1.807) is 0 Å². The van der Waals surface area contributed by atoms with Crippen LogP contribution in [0.5, 0.6) is 11.5 Å². The van der Waals surface area contributed by atoms with Crippen molar-refractivity contribution < 1.29 is 9.47 Å². The predicted octanol–water partition coefficient (Wildman–Crippen LogP) is 2.33. The second-order valence-electron chi connectivity index (χ2n) is 4.43. The number of aromatic nitrogens is 2. The van der Waals surface area contributed by atoms with E-state index in [2.05, 4.69) is 16.9 Å². The highest BCUT2D eigenvalue weighted by Gasteiger charge is 2.16. The van der Waals surface area contributed by atoms with Crippen molar-refractivity contribution in [3.05, 3.63) is 29.5 Å². The Balaban J connectivity index is 2.09. The van der Waals surface area contributed by atoms with Crippen molar-refractivity contribution >= 4 is 5.82 Å². The number of nitrogens with zero attached hydrogens (tertiary/aromatic N) is 2. The van der Waals surface area contributed by atoms with Crippen LogP contribution in [0.4, 0.5) is 5.82 Å². The lowest BCUT2D eigenvalue weighted by atomic mass is 10.1. The topological polar surface area (TPSA) is 70.3 Å². The van der Waals surface area contributed by atoms with Crippen LogP contribution in [-0.2, 0) is 6.42 Å². The van der Waals surface area contributed by atoms with Gasteiger partial charge in [-0.05, 0) is 31.5 Å². The summed E-state index contributed by atoms with van der Waals surface area (Å²) in [6.07, 6.45) is 0.829. The lowest BCUT2D eigenvalue weighted by Crippen LogP contribution is -2.04. The number of hydrogen-bond acceptors (Lipinski definition) is 5. The van der Waals surface area contributed by atoms with Gasteiger partial charge in [-0.1, -0.05) is 6.92 Å². The van der Waals surface area contributed by atoms with E-state index in [4.69, 9.17) is 15.2 Å². The maximum absolute atomic E-state index is 5.94. The van der Waals surface area contributed by atoms with E-state index in [-0.39, 0.29) is 6.79 Å². The molecule has 5 heteroatoms. The van der Waals surface area contributed by atoms with Gasteiger partial charge in [-0.2, -0.15) is 0 Å². The number of nitrogen functional groups attached to an aromatic ring is 1. The van der Waals surface area contributed by atoms with Gasteiger partial charge in [0.05, 0.1) is 0 Å². The van der Waals surface area contributed by atoms with Gasteiger partial charge in [0.15, 0.2) is 17.3 Å². The molecule has 0 saturated heterocycles. The summed E-state index contributed by atoms with van der Waals surface area (Å²) in [5, 5.41) is 0. The Morgan fingerprint density at radius 2 is 2.00 bits per heavy atom. The van der Waals surface area contributed by atoms with Crippen molar-refractivity contribution in [3.63, 3.8) is 0 Å². The minimum atomic E-state index is 0.260. The normalized spacial score (nSPS) is 12.7. The summed E-state index contributed by atoms with van der Waals surface area (Å²) in [5.41, 5.74) is 8.74. The zero-order valence-corrected chi connectivity index (χ0v) is 10.9. The van der Waals surface area contributed by atoms with Gasteiger partial charge in [-0.25, -0.2) is 9.97 Å². The smallest absolute Gasteiger partial charge is 0.231 e. The Kier molecular flexibility index (Phi) is 2.74. The van der Waals surface area contributed by atoms with Gasteiger partial charge >= 0.3 is 0 Å². The lowest BCUT2D eigenvalue weighted by Gasteiger charge is -2.09. The highest BCUT2D eigenvalue weighted by molar-refractivity contribution is 5.63. The molecule has 0 unspecified atom stereocenters. The van der Waals surface area contributed by atoms with E-state index in [0.717, 1.165) is 34.7 Å². The maximum atomic E-state index is 5.94. The molecule has 2 N–H and O–H groups in total. The zero-order chi connectivity index (χ0) is 13.4. The fourth-order valence-corrected chi connectivity index (χ4v) is 2.09. The molecule has 0 aliphatic carbocycles. The number of fused-ring (bicyclic) bond motifs is 1. The minimum absolute atomic E-state index is 0.260. The molecule has 5 nitrogen and oxygen atoms in total. The molecular formula is C14H15N3O2. The average molecular weight is 257 g/mol. The van der Waals surface area contributed by atoms with Crippen LogP contribution in [0.25, 0.3) is 11.4 Å². The summed E-state index contributed by atoms with van der Waals surface area (Å²) in [5.74, 6) is 2.62. The second kappa shape index (κ2) is 4.42. The molecule has 3 rings (SSSR count). The standard InChI is InChI=1S/C14H15N3O2/c1-3-10-8(2)13(15)17-14(16-10)9-4-5-11-12(6-9)19-7-18-11/h4-6H,3,7H2,1-2H3,(H2,15,16,17). The Hall–Kier alpha value is -2.30. The monoisotopic (exact) mass is 257 g/mol. The summed E-state index contributed by atoms with van der Waals surface area (Å²) in [6.45, 7) is 4.26. The van der Waals surface area contributed by atoms with Crippen molar-refractivity contribution in [3.8, 4) is 22.9 Å². The van der Waals surface area contributed by atoms with Gasteiger partial charge in [0.2, 0.25) is 6.79 Å². The molecule has 1 aromatic heterocycles. The Bertz CT molecular complexity index is 641. The third-order valence-corrected chi connectivity index (χ3v) is 3.25. The van der Waals surface area contributed by atoms with Gasteiger partial charge in [-0.15, -0.1) is 0 Å². The molecule has 19 heavy (non-hydrogen) atoms. The quantitative estimate of drug-likeness (QED) is 0.894. The van der Waals surface area contributed by atoms with Gasteiger partial charge in [0.25, 0.3) is 0 Å². The molecular weight excluding hydrogens is 242 g/mol. The SMILES string of the molecule is CCc1nc(-c2ccc3c(c2)OCO3)nc(N)c1C. The summed E-state index contributed by atoms with van der Waals surface area (Å²) < 4.78 is 10.7. The van der Waals surface area contributed by atoms with Crippen molar-refractivity contribution in [2.45, 2.75) is 20.3 Å².